The normalized spacial score (nSPS) is 11.4. The van der Waals surface area contributed by atoms with Crippen LogP contribution in [0.1, 0.15) is 40.4 Å². The van der Waals surface area contributed by atoms with Crippen molar-refractivity contribution >= 4 is 5.78 Å². The van der Waals surface area contributed by atoms with Gasteiger partial charge in [0, 0.05) is 11.1 Å². The molecule has 0 aliphatic carbocycles. The molecular weight excluding hydrogens is 257 g/mol. The number of halogens is 5. The number of alkyl halides is 5. The number of hydrogen-bond acceptors (Lipinski definition) is 2. The van der Waals surface area contributed by atoms with E-state index in [1.165, 1.54) is 6.07 Å². The molecule has 0 radical (unpaired) electrons. The quantitative estimate of drug-likeness (QED) is 0.602. The summed E-state index contributed by atoms with van der Waals surface area (Å²) < 4.78 is 62.8. The fourth-order valence-corrected chi connectivity index (χ4v) is 1.41. The molecule has 1 aromatic rings. The van der Waals surface area contributed by atoms with Crippen LogP contribution in [-0.4, -0.2) is 5.78 Å². The van der Waals surface area contributed by atoms with Gasteiger partial charge >= 0.3 is 6.18 Å². The lowest BCUT2D eigenvalue weighted by atomic mass is 9.96. The van der Waals surface area contributed by atoms with E-state index in [2.05, 4.69) is 0 Å². The van der Waals surface area contributed by atoms with E-state index in [0.29, 0.717) is 6.07 Å². The molecule has 18 heavy (non-hydrogen) atoms. The Bertz CT molecular complexity index is 527. The third-order valence-electron chi connectivity index (χ3n) is 2.21. The van der Waals surface area contributed by atoms with Crippen molar-refractivity contribution in [2.45, 2.75) is 19.5 Å². The first-order valence-corrected chi connectivity index (χ1v) is 4.62. The first kappa shape index (κ1) is 14.1. The molecular formula is C11H6F5NO. The zero-order valence-corrected chi connectivity index (χ0v) is 8.98. The van der Waals surface area contributed by atoms with Gasteiger partial charge in [-0.3, -0.25) is 4.79 Å². The molecule has 1 rings (SSSR count). The van der Waals surface area contributed by atoms with Crippen LogP contribution in [0.2, 0.25) is 0 Å². The van der Waals surface area contributed by atoms with Crippen LogP contribution in [0.4, 0.5) is 22.0 Å². The Morgan fingerprint density at radius 2 is 1.89 bits per heavy atom. The van der Waals surface area contributed by atoms with E-state index in [1.807, 2.05) is 0 Å². The second-order valence-corrected chi connectivity index (χ2v) is 3.46. The molecule has 2 nitrogen and oxygen atoms in total. The maximum atomic E-state index is 12.6. The Kier molecular flexibility index (Phi) is 3.70. The van der Waals surface area contributed by atoms with Gasteiger partial charge in [-0.2, -0.15) is 18.4 Å². The summed E-state index contributed by atoms with van der Waals surface area (Å²) in [4.78, 5) is 11.1. The summed E-state index contributed by atoms with van der Waals surface area (Å²) in [6.07, 6.45) is -8.13. The van der Waals surface area contributed by atoms with E-state index < -0.39 is 40.6 Å². The highest BCUT2D eigenvalue weighted by atomic mass is 19.4. The number of nitriles is 1. The SMILES string of the molecule is CC(=O)c1cc(C(F)F)cc(C(F)(F)F)c1C#N. The van der Waals surface area contributed by atoms with Gasteiger partial charge in [0.05, 0.1) is 11.1 Å². The largest absolute Gasteiger partial charge is 0.417 e. The third-order valence-corrected chi connectivity index (χ3v) is 2.21. The van der Waals surface area contributed by atoms with Gasteiger partial charge in [0.15, 0.2) is 5.78 Å². The standard InChI is InChI=1S/C11H6F5NO/c1-5(18)7-2-6(10(12)13)3-9(8(7)4-17)11(14,15)16/h2-3,10H,1H3. The summed E-state index contributed by atoms with van der Waals surface area (Å²) in [7, 11) is 0. The van der Waals surface area contributed by atoms with Crippen molar-refractivity contribution in [3.63, 3.8) is 0 Å². The molecule has 0 spiro atoms. The average Bonchev–Trinajstić information content (AvgIpc) is 2.25. The zero-order chi connectivity index (χ0) is 14.1. The lowest BCUT2D eigenvalue weighted by molar-refractivity contribution is -0.137. The fraction of sp³-hybridized carbons (Fsp3) is 0.273. The van der Waals surface area contributed by atoms with Crippen molar-refractivity contribution in [3.05, 3.63) is 34.4 Å². The Morgan fingerprint density at radius 3 is 2.22 bits per heavy atom. The molecule has 7 heteroatoms. The van der Waals surface area contributed by atoms with E-state index >= 15 is 0 Å². The third kappa shape index (κ3) is 2.64. The van der Waals surface area contributed by atoms with Gasteiger partial charge in [-0.05, 0) is 19.1 Å². The van der Waals surface area contributed by atoms with Crippen molar-refractivity contribution in [3.8, 4) is 6.07 Å². The highest BCUT2D eigenvalue weighted by Gasteiger charge is 2.36. The number of ketones is 1. The minimum atomic E-state index is -4.97. The molecule has 0 heterocycles. The van der Waals surface area contributed by atoms with Crippen LogP contribution in [0, 0.1) is 11.3 Å². The van der Waals surface area contributed by atoms with Crippen molar-refractivity contribution < 1.29 is 26.7 Å². The summed E-state index contributed by atoms with van der Waals surface area (Å²) in [5.41, 5.74) is -4.04. The monoisotopic (exact) mass is 263 g/mol. The molecule has 96 valence electrons. The Balaban J connectivity index is 3.69. The Morgan fingerprint density at radius 1 is 1.33 bits per heavy atom. The van der Waals surface area contributed by atoms with Crippen LogP contribution in [0.5, 0.6) is 0 Å². The summed E-state index contributed by atoms with van der Waals surface area (Å²) >= 11 is 0. The molecule has 0 fully saturated rings. The van der Waals surface area contributed by atoms with Crippen molar-refractivity contribution in [1.82, 2.24) is 0 Å². The Hall–Kier alpha value is -1.97. The van der Waals surface area contributed by atoms with Gasteiger partial charge in [0.1, 0.15) is 6.07 Å². The summed E-state index contributed by atoms with van der Waals surface area (Å²) in [5.74, 6) is -0.875. The van der Waals surface area contributed by atoms with Gasteiger partial charge in [0.25, 0.3) is 6.43 Å². The molecule has 0 unspecified atom stereocenters. The number of carbonyl (C=O) groups is 1. The molecule has 0 N–H and O–H groups in total. The van der Waals surface area contributed by atoms with Crippen LogP contribution in [-0.2, 0) is 6.18 Å². The number of nitrogens with zero attached hydrogens (tertiary/aromatic N) is 1. The maximum absolute atomic E-state index is 12.6. The number of rotatable bonds is 2. The van der Waals surface area contributed by atoms with E-state index in [0.717, 1.165) is 6.92 Å². The first-order chi connectivity index (χ1) is 8.18. The lowest BCUT2D eigenvalue weighted by Crippen LogP contribution is -2.12. The molecule has 1 aromatic carbocycles. The van der Waals surface area contributed by atoms with E-state index in [-0.39, 0.29) is 6.07 Å². The van der Waals surface area contributed by atoms with Gasteiger partial charge in [0.2, 0.25) is 0 Å². The second kappa shape index (κ2) is 4.72. The van der Waals surface area contributed by atoms with Crippen LogP contribution < -0.4 is 0 Å². The number of benzene rings is 1. The fourth-order valence-electron chi connectivity index (χ4n) is 1.41. The molecule has 0 bridgehead atoms. The topological polar surface area (TPSA) is 40.9 Å². The minimum Gasteiger partial charge on any atom is -0.294 e. The van der Waals surface area contributed by atoms with Crippen molar-refractivity contribution in [2.24, 2.45) is 0 Å². The summed E-state index contributed by atoms with van der Waals surface area (Å²) in [6.45, 7) is 0.908. The average molecular weight is 263 g/mol. The summed E-state index contributed by atoms with van der Waals surface area (Å²) in [6, 6.07) is 2.03. The van der Waals surface area contributed by atoms with Crippen LogP contribution in [0.3, 0.4) is 0 Å². The molecule has 0 aromatic heterocycles. The van der Waals surface area contributed by atoms with E-state index in [9.17, 15) is 26.7 Å². The molecule has 0 amide bonds. The second-order valence-electron chi connectivity index (χ2n) is 3.46. The van der Waals surface area contributed by atoms with Gasteiger partial charge < -0.3 is 0 Å². The minimum absolute atomic E-state index is 0.190. The highest BCUT2D eigenvalue weighted by Crippen LogP contribution is 2.36. The number of hydrogen-bond donors (Lipinski definition) is 0. The summed E-state index contributed by atoms with van der Waals surface area (Å²) in [5, 5.41) is 8.65. The van der Waals surface area contributed by atoms with Crippen molar-refractivity contribution in [2.75, 3.05) is 0 Å². The van der Waals surface area contributed by atoms with E-state index in [4.69, 9.17) is 5.26 Å². The maximum Gasteiger partial charge on any atom is 0.417 e. The smallest absolute Gasteiger partial charge is 0.294 e. The molecule has 0 saturated heterocycles. The Labute approximate surface area is 98.6 Å². The van der Waals surface area contributed by atoms with Gasteiger partial charge in [-0.15, -0.1) is 0 Å². The highest BCUT2D eigenvalue weighted by molar-refractivity contribution is 5.97. The van der Waals surface area contributed by atoms with Gasteiger partial charge in [-0.1, -0.05) is 0 Å². The van der Waals surface area contributed by atoms with Crippen LogP contribution in [0.25, 0.3) is 0 Å². The van der Waals surface area contributed by atoms with E-state index in [1.54, 1.807) is 0 Å². The predicted octanol–water partition coefficient (Wildman–Crippen LogP) is 3.72. The van der Waals surface area contributed by atoms with Crippen molar-refractivity contribution in [1.29, 1.82) is 5.26 Å². The van der Waals surface area contributed by atoms with Gasteiger partial charge in [-0.25, -0.2) is 8.78 Å². The molecule has 0 saturated carbocycles. The lowest BCUT2D eigenvalue weighted by Gasteiger charge is -2.13. The number of carbonyl (C=O) groups excluding carboxylic acids is 1. The zero-order valence-electron chi connectivity index (χ0n) is 8.98. The molecule has 0 atom stereocenters. The van der Waals surface area contributed by atoms with Crippen LogP contribution in [0.15, 0.2) is 12.1 Å². The molecule has 0 aliphatic heterocycles. The first-order valence-electron chi connectivity index (χ1n) is 4.62. The molecule has 0 aliphatic rings. The van der Waals surface area contributed by atoms with Crippen LogP contribution >= 0.6 is 0 Å². The number of Topliss-reactive ketones (excluding diaryl/α,β-unsaturated/α-hetero) is 1. The predicted molar refractivity (Wildman–Crippen MR) is 51.1 cm³/mol.